The summed E-state index contributed by atoms with van der Waals surface area (Å²) in [5.41, 5.74) is 9.28. The second kappa shape index (κ2) is 3.96. The topological polar surface area (TPSA) is 50.5 Å². The Morgan fingerprint density at radius 2 is 2.38 bits per heavy atom. The van der Waals surface area contributed by atoms with Crippen LogP contribution in [0.3, 0.4) is 0 Å². The minimum absolute atomic E-state index is 0.457. The molecule has 0 bridgehead atoms. The van der Waals surface area contributed by atoms with Crippen LogP contribution in [0.2, 0.25) is 0 Å². The lowest BCUT2D eigenvalue weighted by atomic mass is 10.1. The summed E-state index contributed by atoms with van der Waals surface area (Å²) in [6.45, 7) is 4.49. The van der Waals surface area contributed by atoms with Gasteiger partial charge in [0, 0.05) is 31.0 Å². The van der Waals surface area contributed by atoms with E-state index in [1.54, 1.807) is 0 Å². The summed E-state index contributed by atoms with van der Waals surface area (Å²) < 4.78 is 5.53. The number of rotatable bonds is 0. The normalized spacial score (nSPS) is 24.5. The van der Waals surface area contributed by atoms with Gasteiger partial charge in [-0.2, -0.15) is 0 Å². The molecule has 2 aliphatic rings. The van der Waals surface area contributed by atoms with Crippen molar-refractivity contribution in [1.29, 1.82) is 0 Å². The molecule has 0 aromatic heterocycles. The molecular formula is C12H17N3O. The zero-order valence-electron chi connectivity index (χ0n) is 9.28. The molecule has 2 heterocycles. The number of anilines is 2. The van der Waals surface area contributed by atoms with Crippen molar-refractivity contribution in [2.75, 3.05) is 36.9 Å². The molecule has 1 aromatic carbocycles. The minimum Gasteiger partial charge on any atom is -0.399 e. The predicted molar refractivity (Wildman–Crippen MR) is 64.5 cm³/mol. The summed E-state index contributed by atoms with van der Waals surface area (Å²) in [5.74, 6) is 0. The molecule has 16 heavy (non-hydrogen) atoms. The van der Waals surface area contributed by atoms with E-state index in [1.165, 1.54) is 11.3 Å². The van der Waals surface area contributed by atoms with E-state index >= 15 is 0 Å². The molecule has 1 fully saturated rings. The first-order chi connectivity index (χ1) is 7.84. The van der Waals surface area contributed by atoms with Gasteiger partial charge in [0.1, 0.15) is 0 Å². The summed E-state index contributed by atoms with van der Waals surface area (Å²) in [6.07, 6.45) is 0. The van der Waals surface area contributed by atoms with E-state index in [-0.39, 0.29) is 0 Å². The first kappa shape index (κ1) is 9.93. The summed E-state index contributed by atoms with van der Waals surface area (Å²) in [7, 11) is 0. The lowest BCUT2D eigenvalue weighted by molar-refractivity contribution is 0.0947. The highest BCUT2D eigenvalue weighted by molar-refractivity contribution is 5.61. The quantitative estimate of drug-likeness (QED) is 0.627. The van der Waals surface area contributed by atoms with Crippen molar-refractivity contribution in [2.24, 2.45) is 0 Å². The molecule has 2 aliphatic heterocycles. The monoisotopic (exact) mass is 219 g/mol. The molecular weight excluding hydrogens is 202 g/mol. The van der Waals surface area contributed by atoms with Crippen molar-refractivity contribution in [3.63, 3.8) is 0 Å². The first-order valence-electron chi connectivity index (χ1n) is 5.78. The van der Waals surface area contributed by atoms with Crippen molar-refractivity contribution in [3.8, 4) is 0 Å². The van der Waals surface area contributed by atoms with E-state index in [0.29, 0.717) is 6.04 Å². The summed E-state index contributed by atoms with van der Waals surface area (Å²) in [5, 5.41) is 3.45. The third-order valence-corrected chi connectivity index (χ3v) is 3.34. The molecule has 1 aromatic rings. The lowest BCUT2D eigenvalue weighted by Crippen LogP contribution is -2.49. The molecule has 3 N–H and O–H groups in total. The van der Waals surface area contributed by atoms with Gasteiger partial charge in [-0.3, -0.25) is 0 Å². The maximum Gasteiger partial charge on any atom is 0.0683 e. The molecule has 86 valence electrons. The number of nitrogens with two attached hydrogens (primary N) is 1. The molecule has 0 unspecified atom stereocenters. The zero-order valence-corrected chi connectivity index (χ0v) is 9.28. The fraction of sp³-hybridized carbons (Fsp3) is 0.500. The van der Waals surface area contributed by atoms with Gasteiger partial charge in [-0.05, 0) is 23.8 Å². The van der Waals surface area contributed by atoms with Gasteiger partial charge >= 0.3 is 0 Å². The smallest absolute Gasteiger partial charge is 0.0683 e. The Hall–Kier alpha value is -1.26. The van der Waals surface area contributed by atoms with Crippen molar-refractivity contribution in [2.45, 2.75) is 12.6 Å². The SMILES string of the molecule is Nc1ccc2c(c1)CNC[C@@H]1COCCN21. The Morgan fingerprint density at radius 3 is 3.31 bits per heavy atom. The zero-order chi connectivity index (χ0) is 11.0. The maximum atomic E-state index is 5.83. The molecule has 0 radical (unpaired) electrons. The highest BCUT2D eigenvalue weighted by Gasteiger charge is 2.26. The molecule has 1 saturated heterocycles. The Labute approximate surface area is 95.4 Å². The second-order valence-corrected chi connectivity index (χ2v) is 4.44. The number of nitrogens with zero attached hydrogens (tertiary/aromatic N) is 1. The molecule has 3 rings (SSSR count). The van der Waals surface area contributed by atoms with Crippen molar-refractivity contribution < 1.29 is 4.74 Å². The number of morpholine rings is 1. The second-order valence-electron chi connectivity index (χ2n) is 4.44. The molecule has 4 nitrogen and oxygen atoms in total. The average molecular weight is 219 g/mol. The van der Waals surface area contributed by atoms with Gasteiger partial charge in [-0.1, -0.05) is 0 Å². The number of nitrogen functional groups attached to an aromatic ring is 1. The van der Waals surface area contributed by atoms with E-state index in [2.05, 4.69) is 22.3 Å². The third kappa shape index (κ3) is 1.64. The number of hydrogen-bond donors (Lipinski definition) is 2. The molecule has 0 aliphatic carbocycles. The predicted octanol–water partition coefficient (Wildman–Crippen LogP) is 0.577. The number of nitrogens with one attached hydrogen (secondary N) is 1. The van der Waals surface area contributed by atoms with E-state index in [4.69, 9.17) is 10.5 Å². The van der Waals surface area contributed by atoms with Crippen LogP contribution in [-0.4, -0.2) is 32.3 Å². The van der Waals surface area contributed by atoms with Crippen LogP contribution >= 0.6 is 0 Å². The van der Waals surface area contributed by atoms with Crippen molar-refractivity contribution >= 4 is 11.4 Å². The van der Waals surface area contributed by atoms with Crippen LogP contribution in [0, 0.1) is 0 Å². The lowest BCUT2D eigenvalue weighted by Gasteiger charge is -2.36. The highest BCUT2D eigenvalue weighted by Crippen LogP contribution is 2.28. The summed E-state index contributed by atoms with van der Waals surface area (Å²) in [4.78, 5) is 2.44. The number of hydrogen-bond acceptors (Lipinski definition) is 4. The van der Waals surface area contributed by atoms with Crippen LogP contribution in [-0.2, 0) is 11.3 Å². The Bertz CT molecular complexity index is 394. The van der Waals surface area contributed by atoms with Crippen LogP contribution in [0.25, 0.3) is 0 Å². The maximum absolute atomic E-state index is 5.83. The Balaban J connectivity index is 2.00. The highest BCUT2D eigenvalue weighted by atomic mass is 16.5. The first-order valence-corrected chi connectivity index (χ1v) is 5.78. The fourth-order valence-corrected chi connectivity index (χ4v) is 2.54. The fourth-order valence-electron chi connectivity index (χ4n) is 2.54. The molecule has 4 heteroatoms. The number of ether oxygens (including phenoxy) is 1. The van der Waals surface area contributed by atoms with Crippen LogP contribution in [0.4, 0.5) is 11.4 Å². The van der Waals surface area contributed by atoms with E-state index < -0.39 is 0 Å². The summed E-state index contributed by atoms with van der Waals surface area (Å²) in [6, 6.07) is 6.64. The van der Waals surface area contributed by atoms with Crippen molar-refractivity contribution in [3.05, 3.63) is 23.8 Å². The van der Waals surface area contributed by atoms with Crippen LogP contribution < -0.4 is 16.0 Å². The van der Waals surface area contributed by atoms with Crippen LogP contribution in [0.1, 0.15) is 5.56 Å². The van der Waals surface area contributed by atoms with E-state index in [1.807, 2.05) is 6.07 Å². The molecule has 0 amide bonds. The average Bonchev–Trinajstić information content (AvgIpc) is 2.47. The van der Waals surface area contributed by atoms with E-state index in [0.717, 1.165) is 38.5 Å². The third-order valence-electron chi connectivity index (χ3n) is 3.34. The van der Waals surface area contributed by atoms with Gasteiger partial charge in [0.05, 0.1) is 19.3 Å². The van der Waals surface area contributed by atoms with Gasteiger partial charge < -0.3 is 20.7 Å². The largest absolute Gasteiger partial charge is 0.399 e. The van der Waals surface area contributed by atoms with E-state index in [9.17, 15) is 0 Å². The Morgan fingerprint density at radius 1 is 1.44 bits per heavy atom. The molecule has 1 atom stereocenters. The van der Waals surface area contributed by atoms with Crippen LogP contribution in [0.15, 0.2) is 18.2 Å². The molecule has 0 saturated carbocycles. The Kier molecular flexibility index (Phi) is 2.46. The molecule has 0 spiro atoms. The van der Waals surface area contributed by atoms with Gasteiger partial charge in [0.15, 0.2) is 0 Å². The number of fused-ring (bicyclic) bond motifs is 3. The van der Waals surface area contributed by atoms with Crippen LogP contribution in [0.5, 0.6) is 0 Å². The minimum atomic E-state index is 0.457. The van der Waals surface area contributed by atoms with Gasteiger partial charge in [0.2, 0.25) is 0 Å². The number of benzene rings is 1. The van der Waals surface area contributed by atoms with Gasteiger partial charge in [0.25, 0.3) is 0 Å². The van der Waals surface area contributed by atoms with Gasteiger partial charge in [-0.15, -0.1) is 0 Å². The standard InChI is InChI=1S/C12H17N3O/c13-10-1-2-12-9(5-10)6-14-7-11-8-16-4-3-15(11)12/h1-2,5,11,14H,3-4,6-8,13H2/t11-/m1/s1. The summed E-state index contributed by atoms with van der Waals surface area (Å²) >= 11 is 0. The van der Waals surface area contributed by atoms with Crippen molar-refractivity contribution in [1.82, 2.24) is 5.32 Å². The van der Waals surface area contributed by atoms with Gasteiger partial charge in [-0.25, -0.2) is 0 Å².